The molecular formula is C20H30N8O. The summed E-state index contributed by atoms with van der Waals surface area (Å²) in [7, 11) is 0. The van der Waals surface area contributed by atoms with Gasteiger partial charge in [0.05, 0.1) is 6.04 Å². The first-order chi connectivity index (χ1) is 13.9. The predicted octanol–water partition coefficient (Wildman–Crippen LogP) is 2.18. The standard InChI is InChI=1S/C20H30N8O/c1-13(2)18-21-14(3)12-17(23-18)26-8-10-27(11-9-26)20(29)22-16-6-5-7-28-15(4)24-25-19(16)28/h12-13,16H,5-11H2,1-4H3,(H,22,29)/t16-/m0/s1. The molecule has 0 bridgehead atoms. The van der Waals surface area contributed by atoms with Gasteiger partial charge in [0.15, 0.2) is 5.82 Å². The Morgan fingerprint density at radius 1 is 1.10 bits per heavy atom. The zero-order chi connectivity index (χ0) is 20.5. The SMILES string of the molecule is Cc1cc(N2CCN(C(=O)N[C@H]3CCCn4c(C)nnc43)CC2)nc(C(C)C)n1. The summed E-state index contributed by atoms with van der Waals surface area (Å²) in [6, 6.07) is 1.94. The van der Waals surface area contributed by atoms with E-state index in [0.717, 1.165) is 61.5 Å². The monoisotopic (exact) mass is 398 g/mol. The van der Waals surface area contributed by atoms with Gasteiger partial charge in [-0.1, -0.05) is 13.8 Å². The average molecular weight is 399 g/mol. The van der Waals surface area contributed by atoms with Crippen molar-refractivity contribution in [3.63, 3.8) is 0 Å². The molecule has 0 spiro atoms. The van der Waals surface area contributed by atoms with E-state index >= 15 is 0 Å². The van der Waals surface area contributed by atoms with Crippen molar-refractivity contribution < 1.29 is 4.79 Å². The molecule has 156 valence electrons. The molecule has 1 N–H and O–H groups in total. The molecule has 29 heavy (non-hydrogen) atoms. The Bertz CT molecular complexity index is 885. The van der Waals surface area contributed by atoms with Gasteiger partial charge in [0.25, 0.3) is 0 Å². The van der Waals surface area contributed by atoms with E-state index in [2.05, 4.69) is 43.8 Å². The minimum atomic E-state index is -0.0615. The Morgan fingerprint density at radius 3 is 2.59 bits per heavy atom. The molecule has 2 aliphatic rings. The van der Waals surface area contributed by atoms with E-state index in [1.807, 2.05) is 24.8 Å². The van der Waals surface area contributed by atoms with Crippen LogP contribution in [-0.4, -0.2) is 61.8 Å². The van der Waals surface area contributed by atoms with Gasteiger partial charge in [0, 0.05) is 50.4 Å². The maximum absolute atomic E-state index is 12.8. The van der Waals surface area contributed by atoms with E-state index in [9.17, 15) is 4.79 Å². The van der Waals surface area contributed by atoms with Crippen LogP contribution in [0.3, 0.4) is 0 Å². The average Bonchev–Trinajstić information content (AvgIpc) is 3.09. The number of fused-ring (bicyclic) bond motifs is 1. The summed E-state index contributed by atoms with van der Waals surface area (Å²) in [5.74, 6) is 3.91. The zero-order valence-electron chi connectivity index (χ0n) is 17.7. The third-order valence-electron chi connectivity index (χ3n) is 5.71. The van der Waals surface area contributed by atoms with E-state index in [0.29, 0.717) is 19.0 Å². The summed E-state index contributed by atoms with van der Waals surface area (Å²) in [6.07, 6.45) is 1.93. The third kappa shape index (κ3) is 4.04. The quantitative estimate of drug-likeness (QED) is 0.852. The van der Waals surface area contributed by atoms with E-state index in [1.54, 1.807) is 0 Å². The van der Waals surface area contributed by atoms with Crippen LogP contribution in [0.2, 0.25) is 0 Å². The Balaban J connectivity index is 1.37. The molecule has 2 aromatic rings. The third-order valence-corrected chi connectivity index (χ3v) is 5.71. The van der Waals surface area contributed by atoms with Gasteiger partial charge in [-0.15, -0.1) is 10.2 Å². The van der Waals surface area contributed by atoms with E-state index in [4.69, 9.17) is 4.98 Å². The van der Waals surface area contributed by atoms with Gasteiger partial charge in [-0.3, -0.25) is 0 Å². The highest BCUT2D eigenvalue weighted by atomic mass is 16.2. The fourth-order valence-corrected chi connectivity index (χ4v) is 4.02. The molecule has 0 saturated carbocycles. The normalized spacial score (nSPS) is 19.4. The molecule has 9 heteroatoms. The predicted molar refractivity (Wildman–Crippen MR) is 110 cm³/mol. The van der Waals surface area contributed by atoms with Crippen molar-refractivity contribution in [3.8, 4) is 0 Å². The number of nitrogens with zero attached hydrogens (tertiary/aromatic N) is 7. The van der Waals surface area contributed by atoms with Crippen LogP contribution in [0, 0.1) is 13.8 Å². The van der Waals surface area contributed by atoms with Crippen LogP contribution in [0.4, 0.5) is 10.6 Å². The van der Waals surface area contributed by atoms with Crippen molar-refractivity contribution >= 4 is 11.8 Å². The van der Waals surface area contributed by atoms with Crippen molar-refractivity contribution in [3.05, 3.63) is 29.2 Å². The summed E-state index contributed by atoms with van der Waals surface area (Å²) >= 11 is 0. The van der Waals surface area contributed by atoms with Crippen LogP contribution < -0.4 is 10.2 Å². The summed E-state index contributed by atoms with van der Waals surface area (Å²) in [4.78, 5) is 26.2. The number of nitrogens with one attached hydrogen (secondary N) is 1. The van der Waals surface area contributed by atoms with Gasteiger partial charge >= 0.3 is 6.03 Å². The molecule has 0 unspecified atom stereocenters. The fourth-order valence-electron chi connectivity index (χ4n) is 4.02. The Morgan fingerprint density at radius 2 is 1.86 bits per heavy atom. The summed E-state index contributed by atoms with van der Waals surface area (Å²) in [5, 5.41) is 11.6. The second-order valence-electron chi connectivity index (χ2n) is 8.26. The Kier molecular flexibility index (Phi) is 5.38. The maximum Gasteiger partial charge on any atom is 0.318 e. The van der Waals surface area contributed by atoms with Crippen LogP contribution >= 0.6 is 0 Å². The minimum Gasteiger partial charge on any atom is -0.353 e. The number of carbonyl (C=O) groups excluding carboxylic acids is 1. The smallest absolute Gasteiger partial charge is 0.318 e. The number of anilines is 1. The first-order valence-electron chi connectivity index (χ1n) is 10.5. The zero-order valence-corrected chi connectivity index (χ0v) is 17.7. The first-order valence-corrected chi connectivity index (χ1v) is 10.5. The van der Waals surface area contributed by atoms with Crippen molar-refractivity contribution in [2.24, 2.45) is 0 Å². The minimum absolute atomic E-state index is 0.0227. The molecule has 1 fully saturated rings. The van der Waals surface area contributed by atoms with Crippen LogP contribution in [0.15, 0.2) is 6.07 Å². The lowest BCUT2D eigenvalue weighted by Gasteiger charge is -2.36. The van der Waals surface area contributed by atoms with Crippen molar-refractivity contribution in [1.29, 1.82) is 0 Å². The van der Waals surface area contributed by atoms with E-state index < -0.39 is 0 Å². The second-order valence-corrected chi connectivity index (χ2v) is 8.26. The fraction of sp³-hybridized carbons (Fsp3) is 0.650. The molecule has 0 aliphatic carbocycles. The van der Waals surface area contributed by atoms with Crippen LogP contribution in [0.5, 0.6) is 0 Å². The molecule has 4 heterocycles. The second kappa shape index (κ2) is 7.96. The van der Waals surface area contributed by atoms with Crippen molar-refractivity contribution in [2.45, 2.75) is 59.0 Å². The largest absolute Gasteiger partial charge is 0.353 e. The van der Waals surface area contributed by atoms with Crippen molar-refractivity contribution in [1.82, 2.24) is 34.9 Å². The molecule has 2 aliphatic heterocycles. The van der Waals surface area contributed by atoms with Crippen LogP contribution in [0.1, 0.15) is 61.8 Å². The van der Waals surface area contributed by atoms with Gasteiger partial charge < -0.3 is 19.7 Å². The number of aromatic nitrogens is 5. The van der Waals surface area contributed by atoms with Crippen LogP contribution in [0.25, 0.3) is 0 Å². The summed E-state index contributed by atoms with van der Waals surface area (Å²) < 4.78 is 2.11. The number of piperazine rings is 1. The lowest BCUT2D eigenvalue weighted by Crippen LogP contribution is -2.53. The highest BCUT2D eigenvalue weighted by Crippen LogP contribution is 2.24. The molecule has 0 radical (unpaired) electrons. The number of hydrogen-bond donors (Lipinski definition) is 1. The number of rotatable bonds is 3. The number of carbonyl (C=O) groups is 1. The van der Waals surface area contributed by atoms with Gasteiger partial charge in [-0.05, 0) is 26.7 Å². The molecule has 2 amide bonds. The molecule has 9 nitrogen and oxygen atoms in total. The highest BCUT2D eigenvalue weighted by Gasteiger charge is 2.29. The number of hydrogen-bond acceptors (Lipinski definition) is 6. The van der Waals surface area contributed by atoms with E-state index in [1.165, 1.54) is 0 Å². The number of urea groups is 1. The highest BCUT2D eigenvalue weighted by molar-refractivity contribution is 5.75. The molecule has 1 atom stereocenters. The van der Waals surface area contributed by atoms with Crippen molar-refractivity contribution in [2.75, 3.05) is 31.1 Å². The molecular weight excluding hydrogens is 368 g/mol. The maximum atomic E-state index is 12.8. The lowest BCUT2D eigenvalue weighted by atomic mass is 10.1. The lowest BCUT2D eigenvalue weighted by molar-refractivity contribution is 0.187. The first kappa shape index (κ1) is 19.6. The Labute approximate surface area is 171 Å². The topological polar surface area (TPSA) is 92.1 Å². The summed E-state index contributed by atoms with van der Waals surface area (Å²) in [5.41, 5.74) is 0.982. The van der Waals surface area contributed by atoms with Gasteiger partial charge in [0.2, 0.25) is 0 Å². The van der Waals surface area contributed by atoms with E-state index in [-0.39, 0.29) is 12.1 Å². The van der Waals surface area contributed by atoms with Gasteiger partial charge in [0.1, 0.15) is 17.5 Å². The molecule has 1 saturated heterocycles. The van der Waals surface area contributed by atoms with Crippen LogP contribution in [-0.2, 0) is 6.54 Å². The van der Waals surface area contributed by atoms with Gasteiger partial charge in [-0.25, -0.2) is 14.8 Å². The molecule has 2 aromatic heterocycles. The molecule has 4 rings (SSSR count). The summed E-state index contributed by atoms with van der Waals surface area (Å²) in [6.45, 7) is 12.0. The molecule has 0 aromatic carbocycles. The van der Waals surface area contributed by atoms with Gasteiger partial charge in [-0.2, -0.15) is 0 Å². The number of amides is 2. The number of aryl methyl sites for hydroxylation is 2. The Hall–Kier alpha value is -2.71.